The van der Waals surface area contributed by atoms with Gasteiger partial charge in [-0.1, -0.05) is 32.4 Å². The minimum atomic E-state index is -4.64. The highest BCUT2D eigenvalue weighted by Crippen LogP contribution is 2.25. The van der Waals surface area contributed by atoms with Gasteiger partial charge in [0, 0.05) is 0 Å². The summed E-state index contributed by atoms with van der Waals surface area (Å²) in [6.45, 7) is 6.48. The first-order valence-electron chi connectivity index (χ1n) is 3.72. The summed E-state index contributed by atoms with van der Waals surface area (Å²) in [6.07, 6.45) is 5.58. The Labute approximate surface area is 73.2 Å². The van der Waals surface area contributed by atoms with Crippen molar-refractivity contribution in [1.82, 2.24) is 0 Å². The normalized spacial score (nSPS) is 13.8. The molecule has 0 radical (unpaired) electrons. The Morgan fingerprint density at radius 1 is 1.42 bits per heavy atom. The van der Waals surface area contributed by atoms with E-state index in [1.807, 2.05) is 0 Å². The lowest BCUT2D eigenvalue weighted by Gasteiger charge is -1.95. The molecule has 0 bridgehead atoms. The first kappa shape index (κ1) is 14.4. The lowest BCUT2D eigenvalue weighted by Crippen LogP contribution is -1.81. The summed E-state index contributed by atoms with van der Waals surface area (Å²) in [5.41, 5.74) is 0. The fourth-order valence-electron chi connectivity index (χ4n) is 0.465. The molecule has 0 saturated carbocycles. The predicted octanol–water partition coefficient (Wildman–Crippen LogP) is 1.68. The second-order valence-electron chi connectivity index (χ2n) is 2.42. The van der Waals surface area contributed by atoms with Gasteiger partial charge in [0.1, 0.15) is 0 Å². The number of hydrogen-bond acceptors (Lipinski definition) is 1. The van der Waals surface area contributed by atoms with E-state index in [0.717, 1.165) is 5.92 Å². The smallest absolute Gasteiger partial charge is 0.303 e. The van der Waals surface area contributed by atoms with E-state index in [0.29, 0.717) is 0 Å². The van der Waals surface area contributed by atoms with Crippen LogP contribution in [0.1, 0.15) is 27.2 Å². The highest BCUT2D eigenvalue weighted by atomic mass is 31.2. The van der Waals surface area contributed by atoms with Crippen LogP contribution < -0.4 is 0 Å². The summed E-state index contributed by atoms with van der Waals surface area (Å²) in [4.78, 5) is 21.6. The number of rotatable bonds is 2. The highest BCUT2D eigenvalue weighted by molar-refractivity contribution is 7.45. The third-order valence-electron chi connectivity index (χ3n) is 1.16. The average molecular weight is 196 g/mol. The molecule has 1 unspecified atom stereocenters. The van der Waals surface area contributed by atoms with Crippen LogP contribution in [-0.2, 0) is 4.57 Å². The lowest BCUT2D eigenvalue weighted by molar-refractivity contribution is 0.275. The molecule has 3 N–H and O–H groups in total. The van der Waals surface area contributed by atoms with Gasteiger partial charge in [-0.2, -0.15) is 0 Å². The van der Waals surface area contributed by atoms with Gasteiger partial charge in [0.05, 0.1) is 0 Å². The third kappa shape index (κ3) is 32.8. The van der Waals surface area contributed by atoms with E-state index in [4.69, 9.17) is 19.2 Å². The van der Waals surface area contributed by atoms with Crippen molar-refractivity contribution in [3.05, 3.63) is 12.2 Å². The first-order valence-corrected chi connectivity index (χ1v) is 5.28. The van der Waals surface area contributed by atoms with Crippen LogP contribution in [0.2, 0.25) is 0 Å². The quantitative estimate of drug-likeness (QED) is 0.463. The Morgan fingerprint density at radius 3 is 1.83 bits per heavy atom. The van der Waals surface area contributed by atoms with E-state index < -0.39 is 7.82 Å². The van der Waals surface area contributed by atoms with Crippen molar-refractivity contribution in [2.75, 3.05) is 0 Å². The molecule has 0 aromatic heterocycles. The van der Waals surface area contributed by atoms with E-state index in [-0.39, 0.29) is 0 Å². The molecule has 5 heteroatoms. The largest absolute Gasteiger partial charge is 0.466 e. The molecular weight excluding hydrogens is 179 g/mol. The Bertz CT molecular complexity index is 153. The molecule has 0 aliphatic rings. The van der Waals surface area contributed by atoms with Crippen molar-refractivity contribution in [3.8, 4) is 0 Å². The third-order valence-corrected chi connectivity index (χ3v) is 1.16. The summed E-state index contributed by atoms with van der Waals surface area (Å²) < 4.78 is 8.88. The van der Waals surface area contributed by atoms with Gasteiger partial charge in [-0.25, -0.2) is 4.57 Å². The van der Waals surface area contributed by atoms with Crippen LogP contribution in [0.25, 0.3) is 0 Å². The summed E-state index contributed by atoms with van der Waals surface area (Å²) in [6, 6.07) is 0. The first-order chi connectivity index (χ1) is 5.31. The van der Waals surface area contributed by atoms with Crippen molar-refractivity contribution in [2.24, 2.45) is 5.92 Å². The highest BCUT2D eigenvalue weighted by Gasteiger charge is 2.00. The van der Waals surface area contributed by atoms with E-state index in [1.165, 1.54) is 6.42 Å². The molecule has 0 aromatic rings. The number of allylic oxidation sites excluding steroid dienone is 2. The average Bonchev–Trinajstić information content (AvgIpc) is 1.85. The van der Waals surface area contributed by atoms with Crippen LogP contribution in [0, 0.1) is 5.92 Å². The molecule has 0 fully saturated rings. The van der Waals surface area contributed by atoms with Crippen LogP contribution in [0.5, 0.6) is 0 Å². The molecule has 0 aromatic carbocycles. The molecule has 0 amide bonds. The van der Waals surface area contributed by atoms with Crippen molar-refractivity contribution in [2.45, 2.75) is 27.2 Å². The monoisotopic (exact) mass is 196 g/mol. The minimum absolute atomic E-state index is 0.769. The summed E-state index contributed by atoms with van der Waals surface area (Å²) in [7, 11) is -4.64. The van der Waals surface area contributed by atoms with Crippen molar-refractivity contribution >= 4 is 7.82 Å². The topological polar surface area (TPSA) is 77.8 Å². The van der Waals surface area contributed by atoms with Crippen LogP contribution in [0.3, 0.4) is 0 Å². The molecule has 74 valence electrons. The fraction of sp³-hybridized carbons (Fsp3) is 0.714. The second kappa shape index (κ2) is 7.50. The number of phosphoric acid groups is 1. The van der Waals surface area contributed by atoms with E-state index in [9.17, 15) is 0 Å². The van der Waals surface area contributed by atoms with Crippen LogP contribution in [-0.4, -0.2) is 14.7 Å². The zero-order chi connectivity index (χ0) is 10.2. The molecule has 1 atom stereocenters. The Balaban J connectivity index is 0. The standard InChI is InChI=1S/C7H14.H3O4P/c1-4-6-7(3)5-2;1-5(2,3)4/h4,6-7H,5H2,1-3H3;(H3,1,2,3,4). The maximum atomic E-state index is 8.88. The van der Waals surface area contributed by atoms with Crippen molar-refractivity contribution < 1.29 is 19.2 Å². The number of hydrogen-bond donors (Lipinski definition) is 3. The zero-order valence-electron chi connectivity index (χ0n) is 7.64. The van der Waals surface area contributed by atoms with E-state index in [1.54, 1.807) is 0 Å². The van der Waals surface area contributed by atoms with E-state index >= 15 is 0 Å². The molecule has 0 aliphatic carbocycles. The molecule has 12 heavy (non-hydrogen) atoms. The van der Waals surface area contributed by atoms with Gasteiger partial charge in [0.25, 0.3) is 0 Å². The van der Waals surface area contributed by atoms with Crippen LogP contribution in [0.15, 0.2) is 12.2 Å². The molecule has 0 heterocycles. The minimum Gasteiger partial charge on any atom is -0.303 e. The van der Waals surface area contributed by atoms with Gasteiger partial charge in [0.2, 0.25) is 0 Å². The summed E-state index contributed by atoms with van der Waals surface area (Å²) in [5.74, 6) is 0.769. The molecule has 4 nitrogen and oxygen atoms in total. The SMILES string of the molecule is CC=CC(C)CC.O=P(O)(O)O. The van der Waals surface area contributed by atoms with E-state index in [2.05, 4.69) is 32.9 Å². The molecule has 0 rings (SSSR count). The molecule has 0 spiro atoms. The second-order valence-corrected chi connectivity index (χ2v) is 3.45. The Hall–Kier alpha value is -0.150. The predicted molar refractivity (Wildman–Crippen MR) is 48.5 cm³/mol. The van der Waals surface area contributed by atoms with Crippen LogP contribution >= 0.6 is 7.82 Å². The van der Waals surface area contributed by atoms with Crippen molar-refractivity contribution in [3.63, 3.8) is 0 Å². The Morgan fingerprint density at radius 2 is 1.75 bits per heavy atom. The van der Waals surface area contributed by atoms with Gasteiger partial charge in [-0.3, -0.25) is 0 Å². The molecular formula is C7H17O4P. The Kier molecular flexibility index (Phi) is 8.98. The fourth-order valence-corrected chi connectivity index (χ4v) is 0.465. The lowest BCUT2D eigenvalue weighted by atomic mass is 10.1. The zero-order valence-corrected chi connectivity index (χ0v) is 8.53. The van der Waals surface area contributed by atoms with Gasteiger partial charge < -0.3 is 14.7 Å². The van der Waals surface area contributed by atoms with Crippen molar-refractivity contribution in [1.29, 1.82) is 0 Å². The van der Waals surface area contributed by atoms with Gasteiger partial charge in [-0.15, -0.1) is 0 Å². The van der Waals surface area contributed by atoms with Gasteiger partial charge in [0.15, 0.2) is 0 Å². The van der Waals surface area contributed by atoms with Crippen LogP contribution in [0.4, 0.5) is 0 Å². The van der Waals surface area contributed by atoms with Gasteiger partial charge >= 0.3 is 7.82 Å². The molecule has 0 aliphatic heterocycles. The summed E-state index contributed by atoms with van der Waals surface area (Å²) in [5, 5.41) is 0. The maximum Gasteiger partial charge on any atom is 0.466 e. The van der Waals surface area contributed by atoms with Gasteiger partial charge in [-0.05, 0) is 12.8 Å². The molecule has 0 saturated heterocycles. The maximum absolute atomic E-state index is 8.88. The summed E-state index contributed by atoms with van der Waals surface area (Å²) >= 11 is 0.